The molecule has 2 heterocycles. The van der Waals surface area contributed by atoms with E-state index in [-0.39, 0.29) is 24.8 Å². The molecule has 5 rings (SSSR count). The number of rotatable bonds is 3. The first-order chi connectivity index (χ1) is 17.5. The lowest BCUT2D eigenvalue weighted by molar-refractivity contribution is -0.261. The van der Waals surface area contributed by atoms with E-state index in [1.54, 1.807) is 27.7 Å². The molecule has 1 saturated heterocycles. The second-order valence-corrected chi connectivity index (χ2v) is 12.6. The van der Waals surface area contributed by atoms with Crippen LogP contribution in [0.1, 0.15) is 53.4 Å². The van der Waals surface area contributed by atoms with Gasteiger partial charge in [0.05, 0.1) is 30.6 Å². The van der Waals surface area contributed by atoms with Gasteiger partial charge < -0.3 is 29.5 Å². The molecule has 3 N–H and O–H groups in total. The summed E-state index contributed by atoms with van der Waals surface area (Å²) in [5.74, 6) is -7.44. The Morgan fingerprint density at radius 2 is 1.74 bits per heavy atom. The monoisotopic (exact) mass is 534 g/mol. The number of fused-ring (bicyclic) bond motifs is 6. The van der Waals surface area contributed by atoms with Gasteiger partial charge in [-0.15, -0.1) is 0 Å². The van der Waals surface area contributed by atoms with Crippen LogP contribution < -0.4 is 0 Å². The minimum absolute atomic E-state index is 0.0189. The zero-order valence-electron chi connectivity index (χ0n) is 22.1. The lowest BCUT2D eigenvalue weighted by Gasteiger charge is -2.68. The first kappa shape index (κ1) is 27.0. The third kappa shape index (κ3) is 3.21. The van der Waals surface area contributed by atoms with Gasteiger partial charge in [0, 0.05) is 34.0 Å². The summed E-state index contributed by atoms with van der Waals surface area (Å²) < 4.78 is 15.2. The van der Waals surface area contributed by atoms with E-state index in [4.69, 9.17) is 14.2 Å². The van der Waals surface area contributed by atoms with Gasteiger partial charge in [-0.1, -0.05) is 27.7 Å². The van der Waals surface area contributed by atoms with Crippen LogP contribution in [0.15, 0.2) is 11.6 Å². The third-order valence-electron chi connectivity index (χ3n) is 10.5. The van der Waals surface area contributed by atoms with Crippen molar-refractivity contribution in [2.24, 2.45) is 39.9 Å². The molecule has 0 aromatic carbocycles. The minimum atomic E-state index is -1.80. The van der Waals surface area contributed by atoms with Gasteiger partial charge in [0.1, 0.15) is 17.7 Å². The maximum absolute atomic E-state index is 13.9. The third-order valence-corrected chi connectivity index (χ3v) is 10.5. The fourth-order valence-electron chi connectivity index (χ4n) is 8.93. The van der Waals surface area contributed by atoms with E-state index in [9.17, 15) is 39.3 Å². The van der Waals surface area contributed by atoms with Crippen LogP contribution in [0, 0.1) is 39.9 Å². The maximum atomic E-state index is 13.9. The summed E-state index contributed by atoms with van der Waals surface area (Å²) >= 11 is 0. The summed E-state index contributed by atoms with van der Waals surface area (Å²) in [6.45, 7) is 6.57. The van der Waals surface area contributed by atoms with E-state index < -0.39 is 93.5 Å². The molecule has 1 unspecified atom stereocenters. The molecule has 0 aromatic rings. The Hall–Kier alpha value is -2.63. The summed E-state index contributed by atoms with van der Waals surface area (Å²) in [6.07, 6.45) is -3.11. The quantitative estimate of drug-likeness (QED) is 0.257. The number of aliphatic hydroxyl groups excluding tert-OH is 2. The second-order valence-electron chi connectivity index (χ2n) is 12.6. The molecule has 2 aliphatic heterocycles. The van der Waals surface area contributed by atoms with Crippen LogP contribution >= 0.6 is 0 Å². The fraction of sp³-hybridized carbons (Fsp3) is 0.741. The van der Waals surface area contributed by atoms with Crippen LogP contribution in [0.4, 0.5) is 0 Å². The number of esters is 3. The van der Waals surface area contributed by atoms with Crippen LogP contribution in [-0.4, -0.2) is 76.0 Å². The van der Waals surface area contributed by atoms with E-state index in [0.717, 1.165) is 7.11 Å². The lowest BCUT2D eigenvalue weighted by Crippen LogP contribution is -2.76. The molecule has 5 aliphatic rings. The predicted molar refractivity (Wildman–Crippen MR) is 125 cm³/mol. The van der Waals surface area contributed by atoms with Gasteiger partial charge in [-0.2, -0.15) is 0 Å². The number of carbonyl (C=O) groups excluding carboxylic acids is 5. The van der Waals surface area contributed by atoms with E-state index >= 15 is 0 Å². The van der Waals surface area contributed by atoms with Crippen LogP contribution in [0.3, 0.4) is 0 Å². The molecule has 11 nitrogen and oxygen atoms in total. The molecule has 0 amide bonds. The van der Waals surface area contributed by atoms with Crippen molar-refractivity contribution >= 4 is 29.5 Å². The zero-order valence-corrected chi connectivity index (χ0v) is 22.1. The Bertz CT molecular complexity index is 1170. The van der Waals surface area contributed by atoms with Crippen LogP contribution in [0.5, 0.6) is 0 Å². The van der Waals surface area contributed by atoms with Crippen LogP contribution in [-0.2, 0) is 38.2 Å². The Morgan fingerprint density at radius 1 is 1.08 bits per heavy atom. The average molecular weight is 535 g/mol. The first-order valence-corrected chi connectivity index (χ1v) is 12.9. The SMILES string of the molecule is COC(=O)[C@H](O)[C@H]1C(C)(C)C(=O)[C@@H]2C[C@]3(O)[C@@H]4CC(=O)O[C@@H](C5=CC(O)OC5=O)[C@]4(C)CC[C@@H]3[C@@]1(C)C2=O. The number of cyclic esters (lactones) is 2. The molecule has 10 atom stereocenters. The van der Waals surface area contributed by atoms with E-state index in [0.29, 0.717) is 6.42 Å². The van der Waals surface area contributed by atoms with Crippen molar-refractivity contribution < 1.29 is 53.5 Å². The molecule has 0 aromatic heterocycles. The molecular formula is C27H34O11. The van der Waals surface area contributed by atoms with Crippen LogP contribution in [0.2, 0.25) is 0 Å². The van der Waals surface area contributed by atoms with Gasteiger partial charge in [-0.25, -0.2) is 9.59 Å². The number of ketones is 2. The van der Waals surface area contributed by atoms with Gasteiger partial charge in [-0.3, -0.25) is 14.4 Å². The minimum Gasteiger partial charge on any atom is -0.467 e. The largest absolute Gasteiger partial charge is 0.467 e. The highest BCUT2D eigenvalue weighted by molar-refractivity contribution is 6.11. The topological polar surface area (TPSA) is 174 Å². The highest BCUT2D eigenvalue weighted by Crippen LogP contribution is 2.69. The number of hydrogen-bond acceptors (Lipinski definition) is 11. The maximum Gasteiger partial charge on any atom is 0.340 e. The Morgan fingerprint density at radius 3 is 2.32 bits per heavy atom. The smallest absolute Gasteiger partial charge is 0.340 e. The highest BCUT2D eigenvalue weighted by atomic mass is 16.6. The van der Waals surface area contributed by atoms with Gasteiger partial charge in [0.25, 0.3) is 0 Å². The second kappa shape index (κ2) is 8.19. The number of aliphatic hydroxyl groups is 3. The Labute approximate surface area is 219 Å². The van der Waals surface area contributed by atoms with E-state index in [1.165, 1.54) is 6.08 Å². The summed E-state index contributed by atoms with van der Waals surface area (Å²) in [5.41, 5.74) is -5.53. The lowest BCUT2D eigenvalue weighted by atomic mass is 9.36. The molecular weight excluding hydrogens is 500 g/mol. The standard InChI is InChI=1S/C27H34O11/c1-24(2)18(17(30)23(34)36-5)26(4)13-6-7-25(3)14(27(13,35)10-12(19(24)31)20(26)32)9-16(29)37-21(25)11-8-15(28)38-22(11)33/h8,12-15,17-18,21,28,30,35H,6-7,9-10H2,1-5H3/t12-,13+,14+,15?,17+,18-,21-,25+,26+,27+/m0/s1. The Kier molecular flexibility index (Phi) is 5.81. The van der Waals surface area contributed by atoms with Gasteiger partial charge in [0.2, 0.25) is 6.29 Å². The van der Waals surface area contributed by atoms with Crippen molar-refractivity contribution in [2.45, 2.75) is 77.5 Å². The Balaban J connectivity index is 1.65. The van der Waals surface area contributed by atoms with E-state index in [1.807, 2.05) is 0 Å². The van der Waals surface area contributed by atoms with Gasteiger partial charge >= 0.3 is 17.9 Å². The number of ether oxygens (including phenoxy) is 3. The van der Waals surface area contributed by atoms with Crippen molar-refractivity contribution in [1.82, 2.24) is 0 Å². The molecule has 38 heavy (non-hydrogen) atoms. The summed E-state index contributed by atoms with van der Waals surface area (Å²) in [7, 11) is 1.10. The number of methoxy groups -OCH3 is 1. The summed E-state index contributed by atoms with van der Waals surface area (Å²) in [5, 5.41) is 33.5. The zero-order chi connectivity index (χ0) is 28.2. The van der Waals surface area contributed by atoms with Crippen molar-refractivity contribution in [3.8, 4) is 0 Å². The number of hydrogen-bond donors (Lipinski definition) is 3. The predicted octanol–water partition coefficient (Wildman–Crippen LogP) is 0.221. The summed E-state index contributed by atoms with van der Waals surface area (Å²) in [6, 6.07) is 0. The van der Waals surface area contributed by atoms with Crippen molar-refractivity contribution in [3.63, 3.8) is 0 Å². The molecule has 3 saturated carbocycles. The molecule has 0 radical (unpaired) electrons. The van der Waals surface area contributed by atoms with Crippen molar-refractivity contribution in [2.75, 3.05) is 7.11 Å². The van der Waals surface area contributed by atoms with E-state index in [2.05, 4.69) is 0 Å². The first-order valence-electron chi connectivity index (χ1n) is 12.9. The van der Waals surface area contributed by atoms with Gasteiger partial charge in [0.15, 0.2) is 6.10 Å². The fourth-order valence-corrected chi connectivity index (χ4v) is 8.93. The number of Topliss-reactive ketones (excluding diaryl/α,β-unsaturated/α-hetero) is 2. The average Bonchev–Trinajstić information content (AvgIpc) is 3.17. The normalized spacial score (nSPS) is 46.3. The van der Waals surface area contributed by atoms with Crippen molar-refractivity contribution in [3.05, 3.63) is 11.6 Å². The van der Waals surface area contributed by atoms with Crippen molar-refractivity contribution in [1.29, 1.82) is 0 Å². The molecule has 11 heteroatoms. The number of carbonyl (C=O) groups is 5. The summed E-state index contributed by atoms with van der Waals surface area (Å²) in [4.78, 5) is 65.5. The highest BCUT2D eigenvalue weighted by Gasteiger charge is 2.76. The molecule has 4 fully saturated rings. The van der Waals surface area contributed by atoms with Crippen LogP contribution in [0.25, 0.3) is 0 Å². The van der Waals surface area contributed by atoms with Gasteiger partial charge in [-0.05, 0) is 25.3 Å². The molecule has 0 spiro atoms. The molecule has 3 aliphatic carbocycles. The molecule has 208 valence electrons. The molecule has 2 bridgehead atoms.